The minimum absolute atomic E-state index is 0.209. The molecule has 1 aromatic rings. The monoisotopic (exact) mass is 278 g/mol. The molecule has 0 aromatic heterocycles. The van der Waals surface area contributed by atoms with Crippen molar-refractivity contribution >= 4 is 12.0 Å². The van der Waals surface area contributed by atoms with Crippen LogP contribution in [0, 0.1) is 11.8 Å². The van der Waals surface area contributed by atoms with E-state index in [1.807, 2.05) is 0 Å². The predicted octanol–water partition coefficient (Wildman–Crippen LogP) is 2.48. The van der Waals surface area contributed by atoms with Gasteiger partial charge in [0.25, 0.3) is 0 Å². The molecule has 5 nitrogen and oxygen atoms in total. The van der Waals surface area contributed by atoms with Crippen molar-refractivity contribution in [1.82, 2.24) is 10.6 Å². The summed E-state index contributed by atoms with van der Waals surface area (Å²) in [7, 11) is 0. The molecular weight excluding hydrogens is 256 g/mol. The highest BCUT2D eigenvalue weighted by atomic mass is 16.4. The molecule has 0 aliphatic carbocycles. The maximum absolute atomic E-state index is 11.6. The molecule has 0 aliphatic heterocycles. The summed E-state index contributed by atoms with van der Waals surface area (Å²) in [6, 6.07) is 6.23. The van der Waals surface area contributed by atoms with Gasteiger partial charge in [0.15, 0.2) is 0 Å². The Morgan fingerprint density at radius 3 is 2.20 bits per heavy atom. The first-order chi connectivity index (χ1) is 9.40. The van der Waals surface area contributed by atoms with E-state index in [9.17, 15) is 9.59 Å². The van der Waals surface area contributed by atoms with Gasteiger partial charge in [-0.3, -0.25) is 0 Å². The van der Waals surface area contributed by atoms with Crippen LogP contribution >= 0.6 is 0 Å². The van der Waals surface area contributed by atoms with E-state index in [1.54, 1.807) is 12.1 Å². The summed E-state index contributed by atoms with van der Waals surface area (Å²) in [6.07, 6.45) is 0. The van der Waals surface area contributed by atoms with Crippen molar-refractivity contribution in [2.24, 2.45) is 11.8 Å². The fourth-order valence-electron chi connectivity index (χ4n) is 1.50. The Balaban J connectivity index is 2.35. The van der Waals surface area contributed by atoms with Crippen LogP contribution in [0.4, 0.5) is 4.79 Å². The molecule has 0 bridgehead atoms. The maximum atomic E-state index is 11.6. The van der Waals surface area contributed by atoms with Gasteiger partial charge in [-0.25, -0.2) is 9.59 Å². The first-order valence-electron chi connectivity index (χ1n) is 6.74. The summed E-state index contributed by atoms with van der Waals surface area (Å²) in [4.78, 5) is 22.3. The average Bonchev–Trinajstić information content (AvgIpc) is 2.42. The lowest BCUT2D eigenvalue weighted by atomic mass is 9.98. The van der Waals surface area contributed by atoms with E-state index >= 15 is 0 Å². The number of rotatable bonds is 6. The maximum Gasteiger partial charge on any atom is 0.335 e. The van der Waals surface area contributed by atoms with E-state index < -0.39 is 5.97 Å². The lowest BCUT2D eigenvalue weighted by Crippen LogP contribution is -2.38. The predicted molar refractivity (Wildman–Crippen MR) is 77.6 cm³/mol. The molecule has 0 saturated carbocycles. The summed E-state index contributed by atoms with van der Waals surface area (Å²) in [5, 5.41) is 14.3. The number of nitrogens with one attached hydrogen (secondary N) is 2. The number of aromatic carboxylic acids is 1. The molecule has 20 heavy (non-hydrogen) atoms. The molecule has 0 fully saturated rings. The van der Waals surface area contributed by atoms with Gasteiger partial charge in [-0.1, -0.05) is 32.9 Å². The summed E-state index contributed by atoms with van der Waals surface area (Å²) in [5.74, 6) is -0.000566. The van der Waals surface area contributed by atoms with E-state index in [1.165, 1.54) is 12.1 Å². The molecule has 1 unspecified atom stereocenters. The van der Waals surface area contributed by atoms with Crippen LogP contribution in [0.3, 0.4) is 0 Å². The smallest absolute Gasteiger partial charge is 0.335 e. The SMILES string of the molecule is CC(C)C(C)CNC(=O)NCc1ccc(C(=O)O)cc1. The van der Waals surface area contributed by atoms with Crippen LogP contribution in [0.15, 0.2) is 24.3 Å². The first kappa shape index (κ1) is 16.0. The van der Waals surface area contributed by atoms with Crippen molar-refractivity contribution in [2.45, 2.75) is 27.3 Å². The Hall–Kier alpha value is -2.04. The van der Waals surface area contributed by atoms with Gasteiger partial charge in [-0.15, -0.1) is 0 Å². The number of carbonyl (C=O) groups excluding carboxylic acids is 1. The lowest BCUT2D eigenvalue weighted by molar-refractivity contribution is 0.0697. The Morgan fingerprint density at radius 2 is 1.70 bits per heavy atom. The van der Waals surface area contributed by atoms with Crippen molar-refractivity contribution in [2.75, 3.05) is 6.54 Å². The third-order valence-electron chi connectivity index (χ3n) is 3.38. The minimum atomic E-state index is -0.954. The van der Waals surface area contributed by atoms with Crippen LogP contribution in [-0.2, 0) is 6.54 Å². The van der Waals surface area contributed by atoms with Crippen LogP contribution in [0.2, 0.25) is 0 Å². The Labute approximate surface area is 119 Å². The van der Waals surface area contributed by atoms with Crippen LogP contribution in [0.25, 0.3) is 0 Å². The topological polar surface area (TPSA) is 78.4 Å². The largest absolute Gasteiger partial charge is 0.478 e. The molecule has 1 rings (SSSR count). The number of carbonyl (C=O) groups is 2. The molecule has 1 aromatic carbocycles. The molecule has 3 N–H and O–H groups in total. The number of carboxylic acids is 1. The van der Waals surface area contributed by atoms with Gasteiger partial charge in [-0.2, -0.15) is 0 Å². The van der Waals surface area contributed by atoms with Crippen LogP contribution in [0.5, 0.6) is 0 Å². The zero-order chi connectivity index (χ0) is 15.1. The van der Waals surface area contributed by atoms with Crippen molar-refractivity contribution < 1.29 is 14.7 Å². The highest BCUT2D eigenvalue weighted by Crippen LogP contribution is 2.07. The number of amides is 2. The Morgan fingerprint density at radius 1 is 1.10 bits per heavy atom. The zero-order valence-electron chi connectivity index (χ0n) is 12.1. The molecule has 0 aliphatic rings. The van der Waals surface area contributed by atoms with Crippen molar-refractivity contribution in [3.05, 3.63) is 35.4 Å². The lowest BCUT2D eigenvalue weighted by Gasteiger charge is -2.16. The molecule has 0 heterocycles. The fraction of sp³-hybridized carbons (Fsp3) is 0.467. The van der Waals surface area contributed by atoms with Gasteiger partial charge in [0.1, 0.15) is 0 Å². The minimum Gasteiger partial charge on any atom is -0.478 e. The number of urea groups is 1. The first-order valence-corrected chi connectivity index (χ1v) is 6.74. The van der Waals surface area contributed by atoms with Crippen LogP contribution in [0.1, 0.15) is 36.7 Å². The van der Waals surface area contributed by atoms with Crippen molar-refractivity contribution in [3.63, 3.8) is 0 Å². The third-order valence-corrected chi connectivity index (χ3v) is 3.38. The summed E-state index contributed by atoms with van der Waals surface area (Å²) in [6.45, 7) is 7.35. The van der Waals surface area contributed by atoms with Gasteiger partial charge in [0.05, 0.1) is 5.56 Å². The third kappa shape index (κ3) is 5.30. The molecule has 110 valence electrons. The molecule has 2 amide bonds. The second-order valence-electron chi connectivity index (χ2n) is 5.29. The van der Waals surface area contributed by atoms with E-state index in [2.05, 4.69) is 31.4 Å². The standard InChI is InChI=1S/C15H22N2O3/c1-10(2)11(3)8-16-15(20)17-9-12-4-6-13(7-5-12)14(18)19/h4-7,10-11H,8-9H2,1-3H3,(H,18,19)(H2,16,17,20). The summed E-state index contributed by atoms with van der Waals surface area (Å²) >= 11 is 0. The highest BCUT2D eigenvalue weighted by Gasteiger charge is 2.08. The summed E-state index contributed by atoms with van der Waals surface area (Å²) < 4.78 is 0. The van der Waals surface area contributed by atoms with Crippen LogP contribution < -0.4 is 10.6 Å². The number of carboxylic acid groups (broad SMARTS) is 1. The quantitative estimate of drug-likeness (QED) is 0.748. The van der Waals surface area contributed by atoms with Gasteiger partial charge in [0.2, 0.25) is 0 Å². The highest BCUT2D eigenvalue weighted by molar-refractivity contribution is 5.87. The molecule has 1 atom stereocenters. The van der Waals surface area contributed by atoms with Crippen molar-refractivity contribution in [1.29, 1.82) is 0 Å². The zero-order valence-corrected chi connectivity index (χ0v) is 12.1. The van der Waals surface area contributed by atoms with Crippen molar-refractivity contribution in [3.8, 4) is 0 Å². The van der Waals surface area contributed by atoms with Gasteiger partial charge < -0.3 is 15.7 Å². The van der Waals surface area contributed by atoms with E-state index in [4.69, 9.17) is 5.11 Å². The molecule has 0 spiro atoms. The Kier molecular flexibility index (Phi) is 6.03. The number of hydrogen-bond acceptors (Lipinski definition) is 2. The molecule has 0 saturated heterocycles. The molecular formula is C15H22N2O3. The normalized spacial score (nSPS) is 12.0. The molecule has 5 heteroatoms. The van der Waals surface area contributed by atoms with Gasteiger partial charge in [-0.05, 0) is 29.5 Å². The van der Waals surface area contributed by atoms with Crippen LogP contribution in [-0.4, -0.2) is 23.7 Å². The van der Waals surface area contributed by atoms with Gasteiger partial charge >= 0.3 is 12.0 Å². The van der Waals surface area contributed by atoms with E-state index in [-0.39, 0.29) is 11.6 Å². The average molecular weight is 278 g/mol. The van der Waals surface area contributed by atoms with Gasteiger partial charge in [0, 0.05) is 13.1 Å². The van der Waals surface area contributed by atoms with E-state index in [0.717, 1.165) is 5.56 Å². The molecule has 0 radical (unpaired) electrons. The number of benzene rings is 1. The fourth-order valence-corrected chi connectivity index (χ4v) is 1.50. The second kappa shape index (κ2) is 7.53. The number of hydrogen-bond donors (Lipinski definition) is 3. The second-order valence-corrected chi connectivity index (χ2v) is 5.29. The Bertz CT molecular complexity index is 455. The van der Waals surface area contributed by atoms with E-state index in [0.29, 0.717) is 24.9 Å². The summed E-state index contributed by atoms with van der Waals surface area (Å²) in [5.41, 5.74) is 1.10.